The van der Waals surface area contributed by atoms with Crippen molar-refractivity contribution < 1.29 is 14.6 Å². The molecule has 0 radical (unpaired) electrons. The lowest BCUT2D eigenvalue weighted by atomic mass is 9.92. The van der Waals surface area contributed by atoms with E-state index in [1.165, 1.54) is 31.6 Å². The van der Waals surface area contributed by atoms with Gasteiger partial charge >= 0.3 is 5.97 Å². The van der Waals surface area contributed by atoms with E-state index in [2.05, 4.69) is 6.92 Å². The van der Waals surface area contributed by atoms with Gasteiger partial charge in [0, 0.05) is 11.6 Å². The molecular formula is C19H24O3. The molecule has 0 spiro atoms. The topological polar surface area (TPSA) is 46.5 Å². The van der Waals surface area contributed by atoms with Crippen molar-refractivity contribution in [2.24, 2.45) is 5.92 Å². The molecule has 0 heterocycles. The molecule has 2 rings (SSSR count). The molecule has 0 atom stereocenters. The second kappa shape index (κ2) is 7.83. The number of allylic oxidation sites excluding steroid dienone is 3. The fourth-order valence-electron chi connectivity index (χ4n) is 2.65. The molecule has 1 aromatic rings. The minimum Gasteiger partial charge on any atom is -0.507 e. The summed E-state index contributed by atoms with van der Waals surface area (Å²) >= 11 is 0. The Kier molecular flexibility index (Phi) is 5.82. The molecule has 1 N–H and O–H groups in total. The molecule has 0 aromatic heterocycles. The molecule has 1 saturated carbocycles. The van der Waals surface area contributed by atoms with Crippen LogP contribution in [0.5, 0.6) is 5.75 Å². The van der Waals surface area contributed by atoms with E-state index in [0.29, 0.717) is 5.92 Å². The van der Waals surface area contributed by atoms with E-state index >= 15 is 0 Å². The number of hydrogen-bond acceptors (Lipinski definition) is 3. The maximum absolute atomic E-state index is 11.5. The first-order valence-electron chi connectivity index (χ1n) is 7.94. The molecule has 118 valence electrons. The summed E-state index contributed by atoms with van der Waals surface area (Å²) in [5.41, 5.74) is 3.11. The lowest BCUT2D eigenvalue weighted by molar-refractivity contribution is -0.134. The average molecular weight is 300 g/mol. The molecule has 0 amide bonds. The Morgan fingerprint density at radius 2 is 2.05 bits per heavy atom. The summed E-state index contributed by atoms with van der Waals surface area (Å²) in [5.74, 6) is 0.462. The van der Waals surface area contributed by atoms with Crippen LogP contribution in [0.2, 0.25) is 0 Å². The maximum Gasteiger partial charge on any atom is 0.330 e. The molecule has 0 saturated heterocycles. The van der Waals surface area contributed by atoms with E-state index in [4.69, 9.17) is 4.74 Å². The number of benzene rings is 1. The molecular weight excluding hydrogens is 276 g/mol. The van der Waals surface area contributed by atoms with Crippen LogP contribution in [0.25, 0.3) is 5.57 Å². The van der Waals surface area contributed by atoms with Crippen molar-refractivity contribution in [1.82, 2.24) is 0 Å². The van der Waals surface area contributed by atoms with E-state index in [-0.39, 0.29) is 11.7 Å². The van der Waals surface area contributed by atoms with Crippen LogP contribution in [-0.2, 0) is 9.53 Å². The van der Waals surface area contributed by atoms with Crippen molar-refractivity contribution in [3.05, 3.63) is 47.6 Å². The van der Waals surface area contributed by atoms with Gasteiger partial charge in [-0.15, -0.1) is 0 Å². The van der Waals surface area contributed by atoms with Crippen LogP contribution in [-0.4, -0.2) is 18.2 Å². The highest BCUT2D eigenvalue weighted by Crippen LogP contribution is 2.44. The Morgan fingerprint density at radius 1 is 1.32 bits per heavy atom. The van der Waals surface area contributed by atoms with Crippen LogP contribution in [0.15, 0.2) is 42.0 Å². The van der Waals surface area contributed by atoms with Crippen molar-refractivity contribution in [2.45, 2.75) is 39.0 Å². The second-order valence-corrected chi connectivity index (χ2v) is 5.69. The average Bonchev–Trinajstić information content (AvgIpc) is 3.36. The third-order valence-electron chi connectivity index (χ3n) is 4.00. The Morgan fingerprint density at radius 3 is 2.64 bits per heavy atom. The van der Waals surface area contributed by atoms with Gasteiger partial charge in [0.25, 0.3) is 0 Å². The minimum atomic E-state index is -0.376. The summed E-state index contributed by atoms with van der Waals surface area (Å²) in [4.78, 5) is 11.5. The van der Waals surface area contributed by atoms with Crippen molar-refractivity contribution in [3.8, 4) is 5.75 Å². The molecule has 22 heavy (non-hydrogen) atoms. The number of phenols is 1. The van der Waals surface area contributed by atoms with Gasteiger partial charge in [0.2, 0.25) is 0 Å². The molecule has 0 unspecified atom stereocenters. The predicted molar refractivity (Wildman–Crippen MR) is 88.4 cm³/mol. The number of aromatic hydroxyl groups is 1. The largest absolute Gasteiger partial charge is 0.507 e. The first kappa shape index (κ1) is 16.3. The number of rotatable bonds is 7. The zero-order valence-corrected chi connectivity index (χ0v) is 13.3. The Balaban J connectivity index is 2.45. The summed E-state index contributed by atoms with van der Waals surface area (Å²) < 4.78 is 4.69. The number of para-hydroxylation sites is 1. The van der Waals surface area contributed by atoms with Gasteiger partial charge in [-0.05, 0) is 49.3 Å². The molecule has 3 heteroatoms. The van der Waals surface area contributed by atoms with Crippen LogP contribution in [0, 0.1) is 5.92 Å². The zero-order chi connectivity index (χ0) is 15.9. The first-order chi connectivity index (χ1) is 10.7. The Bertz CT molecular complexity index is 580. The number of methoxy groups -OCH3 is 1. The number of ether oxygens (including phenoxy) is 1. The number of carbonyl (C=O) groups excluding carboxylic acids is 1. The van der Waals surface area contributed by atoms with Crippen molar-refractivity contribution >= 4 is 11.5 Å². The summed E-state index contributed by atoms with van der Waals surface area (Å²) in [6, 6.07) is 7.31. The molecule has 1 fully saturated rings. The van der Waals surface area contributed by atoms with Crippen LogP contribution in [0.1, 0.15) is 44.6 Å². The van der Waals surface area contributed by atoms with Crippen molar-refractivity contribution in [3.63, 3.8) is 0 Å². The van der Waals surface area contributed by atoms with Crippen LogP contribution in [0.3, 0.4) is 0 Å². The fraction of sp³-hybridized carbons (Fsp3) is 0.421. The van der Waals surface area contributed by atoms with E-state index in [1.807, 2.05) is 18.2 Å². The fourth-order valence-corrected chi connectivity index (χ4v) is 2.65. The van der Waals surface area contributed by atoms with Crippen LogP contribution < -0.4 is 0 Å². The van der Waals surface area contributed by atoms with Crippen molar-refractivity contribution in [2.75, 3.05) is 7.11 Å². The Hall–Kier alpha value is -2.03. The van der Waals surface area contributed by atoms with Gasteiger partial charge in [-0.1, -0.05) is 37.1 Å². The number of phenolic OH excluding ortho intramolecular Hbond substituents is 1. The van der Waals surface area contributed by atoms with E-state index in [9.17, 15) is 9.90 Å². The van der Waals surface area contributed by atoms with Crippen molar-refractivity contribution in [1.29, 1.82) is 0 Å². The summed E-state index contributed by atoms with van der Waals surface area (Å²) in [6.45, 7) is 2.18. The van der Waals surface area contributed by atoms with Gasteiger partial charge in [0.1, 0.15) is 5.75 Å². The van der Waals surface area contributed by atoms with E-state index < -0.39 is 0 Å². The summed E-state index contributed by atoms with van der Waals surface area (Å²) in [5, 5.41) is 10.2. The number of unbranched alkanes of at least 4 members (excludes halogenated alkanes) is 1. The monoisotopic (exact) mass is 300 g/mol. The summed E-state index contributed by atoms with van der Waals surface area (Å²) in [6.07, 6.45) is 8.89. The zero-order valence-electron chi connectivity index (χ0n) is 13.3. The lowest BCUT2D eigenvalue weighted by Gasteiger charge is -2.14. The molecule has 1 aliphatic rings. The molecule has 0 aliphatic heterocycles. The van der Waals surface area contributed by atoms with Crippen LogP contribution in [0.4, 0.5) is 0 Å². The smallest absolute Gasteiger partial charge is 0.330 e. The maximum atomic E-state index is 11.5. The first-order valence-corrected chi connectivity index (χ1v) is 7.94. The van der Waals surface area contributed by atoms with E-state index in [1.54, 1.807) is 12.1 Å². The van der Waals surface area contributed by atoms with Crippen LogP contribution >= 0.6 is 0 Å². The van der Waals surface area contributed by atoms with Gasteiger partial charge in [0.15, 0.2) is 0 Å². The molecule has 1 aromatic carbocycles. The highest BCUT2D eigenvalue weighted by molar-refractivity contribution is 5.89. The van der Waals surface area contributed by atoms with Gasteiger partial charge in [-0.25, -0.2) is 4.79 Å². The highest BCUT2D eigenvalue weighted by atomic mass is 16.5. The second-order valence-electron chi connectivity index (χ2n) is 5.69. The SMILES string of the molecule is CCCC/C(=C(/C=C/C(=O)OC)c1ccccc1O)C1CC1. The van der Waals surface area contributed by atoms with E-state index in [0.717, 1.165) is 30.4 Å². The quantitative estimate of drug-likeness (QED) is 0.459. The highest BCUT2D eigenvalue weighted by Gasteiger charge is 2.28. The van der Waals surface area contributed by atoms with Gasteiger partial charge in [0.05, 0.1) is 7.11 Å². The van der Waals surface area contributed by atoms with Gasteiger partial charge in [-0.3, -0.25) is 0 Å². The minimum absolute atomic E-state index is 0.252. The standard InChI is InChI=1S/C19H24O3/c1-3-4-7-15(14-10-11-14)16(12-13-19(21)22-2)17-8-5-6-9-18(17)20/h5-6,8-9,12-14,20H,3-4,7,10-11H2,1-2H3/b13-12+,16-15+. The molecule has 3 nitrogen and oxygen atoms in total. The predicted octanol–water partition coefficient (Wildman–Crippen LogP) is 4.48. The molecule has 1 aliphatic carbocycles. The normalized spacial score (nSPS) is 15.7. The number of esters is 1. The Labute approximate surface area is 132 Å². The number of hydrogen-bond donors (Lipinski definition) is 1. The lowest BCUT2D eigenvalue weighted by Crippen LogP contribution is -1.97. The van der Waals surface area contributed by atoms with Gasteiger partial charge < -0.3 is 9.84 Å². The summed E-state index contributed by atoms with van der Waals surface area (Å²) in [7, 11) is 1.37. The third kappa shape index (κ3) is 4.23. The molecule has 0 bridgehead atoms. The number of carbonyl (C=O) groups is 1. The third-order valence-corrected chi connectivity index (χ3v) is 4.00. The van der Waals surface area contributed by atoms with Gasteiger partial charge in [-0.2, -0.15) is 0 Å².